The predicted molar refractivity (Wildman–Crippen MR) is 166 cm³/mol. The Morgan fingerprint density at radius 3 is 2.55 bits per heavy atom. The fraction of sp³-hybridized carbons (Fsp3) is 0.258. The Labute approximate surface area is 252 Å². The Kier molecular flexibility index (Phi) is 10.4. The maximum absolute atomic E-state index is 13.6. The largest absolute Gasteiger partial charge is 0.490 e. The van der Waals surface area contributed by atoms with E-state index in [9.17, 15) is 9.59 Å². The van der Waals surface area contributed by atoms with E-state index in [1.165, 1.54) is 4.90 Å². The number of thiocarbonyl (C=S) groups is 1. The molecule has 0 radical (unpaired) electrons. The van der Waals surface area contributed by atoms with Crippen molar-refractivity contribution < 1.29 is 23.8 Å². The van der Waals surface area contributed by atoms with Crippen LogP contribution in [0.3, 0.4) is 0 Å². The van der Waals surface area contributed by atoms with Crippen LogP contribution in [0.2, 0.25) is 0 Å². The van der Waals surface area contributed by atoms with Crippen molar-refractivity contribution >= 4 is 62.2 Å². The number of benzene rings is 3. The third-order valence-corrected chi connectivity index (χ3v) is 7.88. The molecule has 3 aromatic carbocycles. The van der Waals surface area contributed by atoms with Gasteiger partial charge in [0.2, 0.25) is 0 Å². The SMILES string of the molecule is CCCOC(=O)C(c1ccccc1)N1C(=O)/C(=C\c2cc(Br)c(OCc3cccc(C)c3)c(OCC)c2)SC1=S. The number of esters is 1. The molecule has 0 bridgehead atoms. The molecule has 3 aromatic rings. The molecule has 0 aromatic heterocycles. The number of thioether (sulfide) groups is 1. The van der Waals surface area contributed by atoms with Crippen LogP contribution in [-0.2, 0) is 20.9 Å². The molecule has 1 amide bonds. The zero-order chi connectivity index (χ0) is 28.6. The van der Waals surface area contributed by atoms with Gasteiger partial charge in [0.1, 0.15) is 10.9 Å². The first-order valence-electron chi connectivity index (χ1n) is 13.0. The summed E-state index contributed by atoms with van der Waals surface area (Å²) in [5, 5.41) is 0. The number of ether oxygens (including phenoxy) is 3. The summed E-state index contributed by atoms with van der Waals surface area (Å²) >= 11 is 10.4. The first-order chi connectivity index (χ1) is 19.3. The van der Waals surface area contributed by atoms with Gasteiger partial charge in [0.05, 0.1) is 22.6 Å². The summed E-state index contributed by atoms with van der Waals surface area (Å²) in [7, 11) is 0. The quantitative estimate of drug-likeness (QED) is 0.121. The molecule has 0 N–H and O–H groups in total. The summed E-state index contributed by atoms with van der Waals surface area (Å²) in [5.74, 6) is 0.265. The van der Waals surface area contributed by atoms with E-state index < -0.39 is 12.0 Å². The van der Waals surface area contributed by atoms with E-state index >= 15 is 0 Å². The fourth-order valence-corrected chi connectivity index (χ4v) is 6.08. The van der Waals surface area contributed by atoms with Crippen molar-refractivity contribution in [2.75, 3.05) is 13.2 Å². The summed E-state index contributed by atoms with van der Waals surface area (Å²) in [5.41, 5.74) is 3.57. The molecule has 6 nitrogen and oxygen atoms in total. The molecule has 1 aliphatic heterocycles. The molecular weight excluding hydrogens is 610 g/mol. The van der Waals surface area contributed by atoms with E-state index in [2.05, 4.69) is 22.0 Å². The third-order valence-electron chi connectivity index (χ3n) is 5.96. The summed E-state index contributed by atoms with van der Waals surface area (Å²) in [6.07, 6.45) is 2.42. The zero-order valence-corrected chi connectivity index (χ0v) is 25.7. The van der Waals surface area contributed by atoms with Gasteiger partial charge in [-0.1, -0.05) is 91.1 Å². The van der Waals surface area contributed by atoms with Crippen LogP contribution < -0.4 is 9.47 Å². The maximum atomic E-state index is 13.6. The lowest BCUT2D eigenvalue weighted by atomic mass is 10.1. The molecule has 0 saturated carbocycles. The van der Waals surface area contributed by atoms with Gasteiger partial charge in [-0.25, -0.2) is 4.79 Å². The van der Waals surface area contributed by atoms with E-state index in [0.29, 0.717) is 50.4 Å². The lowest BCUT2D eigenvalue weighted by Crippen LogP contribution is -2.38. The molecule has 1 heterocycles. The van der Waals surface area contributed by atoms with Crippen LogP contribution in [-0.4, -0.2) is 34.3 Å². The Balaban J connectivity index is 1.62. The van der Waals surface area contributed by atoms with Gasteiger partial charge in [0, 0.05) is 0 Å². The van der Waals surface area contributed by atoms with Crippen LogP contribution in [0, 0.1) is 6.92 Å². The lowest BCUT2D eigenvalue weighted by molar-refractivity contribution is -0.151. The summed E-state index contributed by atoms with van der Waals surface area (Å²) in [6, 6.07) is 19.9. The van der Waals surface area contributed by atoms with Gasteiger partial charge in [-0.15, -0.1) is 0 Å². The summed E-state index contributed by atoms with van der Waals surface area (Å²) in [4.78, 5) is 28.5. The van der Waals surface area contributed by atoms with Gasteiger partial charge >= 0.3 is 5.97 Å². The maximum Gasteiger partial charge on any atom is 0.333 e. The molecule has 4 rings (SSSR count). The number of nitrogens with zero attached hydrogens (tertiary/aromatic N) is 1. The number of carbonyl (C=O) groups excluding carboxylic acids is 2. The van der Waals surface area contributed by atoms with Crippen molar-refractivity contribution in [2.45, 2.75) is 39.8 Å². The number of amides is 1. The molecular formula is C31H30BrNO5S2. The van der Waals surface area contributed by atoms with Crippen LogP contribution in [0.1, 0.15) is 48.6 Å². The Bertz CT molecular complexity index is 1430. The molecule has 0 aliphatic carbocycles. The van der Waals surface area contributed by atoms with E-state index in [-0.39, 0.29) is 12.5 Å². The van der Waals surface area contributed by atoms with Crippen molar-refractivity contribution in [2.24, 2.45) is 0 Å². The number of rotatable bonds is 11. The molecule has 0 spiro atoms. The molecule has 1 aliphatic rings. The second-order valence-corrected chi connectivity index (χ2v) is 11.6. The highest BCUT2D eigenvalue weighted by Crippen LogP contribution is 2.42. The first kappa shape index (κ1) is 29.8. The third kappa shape index (κ3) is 7.13. The Hall–Kier alpha value is -3.14. The van der Waals surface area contributed by atoms with Gasteiger partial charge in [0.15, 0.2) is 17.5 Å². The number of aryl methyl sites for hydroxylation is 1. The smallest absolute Gasteiger partial charge is 0.333 e. The molecule has 1 atom stereocenters. The van der Waals surface area contributed by atoms with Crippen molar-refractivity contribution in [1.82, 2.24) is 4.90 Å². The monoisotopic (exact) mass is 639 g/mol. The van der Waals surface area contributed by atoms with Gasteiger partial charge < -0.3 is 14.2 Å². The number of carbonyl (C=O) groups is 2. The Morgan fingerprint density at radius 2 is 1.85 bits per heavy atom. The van der Waals surface area contributed by atoms with E-state index in [1.807, 2.05) is 69.3 Å². The molecule has 1 saturated heterocycles. The fourth-order valence-electron chi connectivity index (χ4n) is 4.19. The minimum absolute atomic E-state index is 0.263. The van der Waals surface area contributed by atoms with Gasteiger partial charge in [-0.2, -0.15) is 0 Å². The van der Waals surface area contributed by atoms with Crippen LogP contribution >= 0.6 is 39.9 Å². The van der Waals surface area contributed by atoms with Crippen molar-refractivity contribution in [3.63, 3.8) is 0 Å². The predicted octanol–water partition coefficient (Wildman–Crippen LogP) is 7.63. The summed E-state index contributed by atoms with van der Waals surface area (Å²) in [6.45, 7) is 6.95. The molecule has 9 heteroatoms. The topological polar surface area (TPSA) is 65.1 Å². The van der Waals surface area contributed by atoms with Crippen molar-refractivity contribution in [3.8, 4) is 11.5 Å². The highest BCUT2D eigenvalue weighted by Gasteiger charge is 2.42. The highest BCUT2D eigenvalue weighted by atomic mass is 79.9. The molecule has 40 heavy (non-hydrogen) atoms. The second kappa shape index (κ2) is 14.0. The van der Waals surface area contributed by atoms with Crippen LogP contribution in [0.5, 0.6) is 11.5 Å². The van der Waals surface area contributed by atoms with Crippen LogP contribution in [0.15, 0.2) is 76.1 Å². The van der Waals surface area contributed by atoms with Crippen molar-refractivity contribution in [3.05, 3.63) is 98.4 Å². The molecule has 208 valence electrons. The first-order valence-corrected chi connectivity index (χ1v) is 15.0. The number of halogens is 1. The minimum Gasteiger partial charge on any atom is -0.490 e. The van der Waals surface area contributed by atoms with Gasteiger partial charge in [-0.3, -0.25) is 9.69 Å². The molecule has 1 fully saturated rings. The van der Waals surface area contributed by atoms with E-state index in [4.69, 9.17) is 26.4 Å². The second-order valence-electron chi connectivity index (χ2n) is 9.07. The van der Waals surface area contributed by atoms with E-state index in [0.717, 1.165) is 28.5 Å². The molecule has 1 unspecified atom stereocenters. The summed E-state index contributed by atoms with van der Waals surface area (Å²) < 4.78 is 18.5. The standard InChI is InChI=1S/C31H30BrNO5S2/c1-4-14-37-30(35)27(23-12-7-6-8-13-23)33-29(34)26(40-31(33)39)18-22-16-24(32)28(25(17-22)36-5-2)38-19-21-11-9-10-20(3)15-21/h6-13,15-18,27H,4-5,14,19H2,1-3H3/b26-18+. The van der Waals surface area contributed by atoms with Crippen LogP contribution in [0.25, 0.3) is 6.08 Å². The van der Waals surface area contributed by atoms with Crippen LogP contribution in [0.4, 0.5) is 0 Å². The normalized spacial score (nSPS) is 14.9. The minimum atomic E-state index is -0.964. The number of hydrogen-bond donors (Lipinski definition) is 0. The zero-order valence-electron chi connectivity index (χ0n) is 22.5. The Morgan fingerprint density at radius 1 is 1.07 bits per heavy atom. The average Bonchev–Trinajstić information content (AvgIpc) is 3.20. The average molecular weight is 641 g/mol. The lowest BCUT2D eigenvalue weighted by Gasteiger charge is -2.25. The van der Waals surface area contributed by atoms with Gasteiger partial charge in [-0.05, 0) is 71.1 Å². The highest BCUT2D eigenvalue weighted by molar-refractivity contribution is 9.10. The number of hydrogen-bond acceptors (Lipinski definition) is 7. The van der Waals surface area contributed by atoms with E-state index in [1.54, 1.807) is 18.2 Å². The van der Waals surface area contributed by atoms with Gasteiger partial charge in [0.25, 0.3) is 5.91 Å². The van der Waals surface area contributed by atoms with Crippen molar-refractivity contribution in [1.29, 1.82) is 0 Å².